The lowest BCUT2D eigenvalue weighted by molar-refractivity contribution is -0.145. The molecule has 2 aromatic rings. The minimum absolute atomic E-state index is 0.281. The zero-order chi connectivity index (χ0) is 29.0. The maximum atomic E-state index is 14.3. The molecule has 0 aromatic heterocycles. The van der Waals surface area contributed by atoms with Crippen LogP contribution in [-0.2, 0) is 25.5 Å². The number of hydrogen-bond donors (Lipinski definition) is 3. The number of carbonyl (C=O) groups excluding carboxylic acids is 3. The molecule has 3 fully saturated rings. The smallest absolute Gasteiger partial charge is 0.245 e. The van der Waals surface area contributed by atoms with Gasteiger partial charge in [0.15, 0.2) is 0 Å². The van der Waals surface area contributed by atoms with Crippen LogP contribution in [0.2, 0.25) is 0 Å². The fraction of sp³-hybridized carbons (Fsp3) is 0.531. The van der Waals surface area contributed by atoms with E-state index >= 15 is 0 Å². The van der Waals surface area contributed by atoms with Gasteiger partial charge in [0.1, 0.15) is 17.4 Å². The van der Waals surface area contributed by atoms with E-state index in [0.29, 0.717) is 43.9 Å². The van der Waals surface area contributed by atoms with Crippen molar-refractivity contribution < 1.29 is 29.0 Å². The highest BCUT2D eigenvalue weighted by Gasteiger charge is 2.75. The normalized spacial score (nSPS) is 27.0. The Morgan fingerprint density at radius 2 is 1.85 bits per heavy atom. The molecule has 2 bridgehead atoms. The number of nitrogens with one attached hydrogen (secondary N) is 2. The van der Waals surface area contributed by atoms with Crippen LogP contribution in [-0.4, -0.2) is 71.3 Å². The molecule has 6 atom stereocenters. The van der Waals surface area contributed by atoms with Gasteiger partial charge in [0.25, 0.3) is 0 Å². The largest absolute Gasteiger partial charge is 0.494 e. The molecule has 3 N–H and O–H groups in total. The standard InChI is InChI=1S/C32H41N3O6/c1-3-5-9-18-33-30(38)28-32-17-16-25(41-32)26(29(37)34-22-12-14-24(15-13-22)40-4-2)27(32)31(39)35(28)23(20-36)19-21-10-7-6-8-11-21/h6-8,10-15,23,25-28,36H,3-5,9,16-20H2,1-2H3,(H,33,38)(H,34,37)/t23-,25-,26+,27+,28?,32?/m1/s1. The summed E-state index contributed by atoms with van der Waals surface area (Å²) in [7, 11) is 0. The molecule has 3 aliphatic heterocycles. The zero-order valence-corrected chi connectivity index (χ0v) is 23.9. The molecule has 9 heteroatoms. The van der Waals surface area contributed by atoms with Crippen LogP contribution in [0.4, 0.5) is 5.69 Å². The lowest BCUT2D eigenvalue weighted by atomic mass is 9.70. The summed E-state index contributed by atoms with van der Waals surface area (Å²) in [5, 5.41) is 16.5. The van der Waals surface area contributed by atoms with E-state index in [0.717, 1.165) is 24.8 Å². The second kappa shape index (κ2) is 12.6. The van der Waals surface area contributed by atoms with Crippen LogP contribution in [0.1, 0.15) is 51.5 Å². The summed E-state index contributed by atoms with van der Waals surface area (Å²) in [6, 6.07) is 15.2. The van der Waals surface area contributed by atoms with Gasteiger partial charge in [0.05, 0.1) is 37.2 Å². The molecule has 3 saturated heterocycles. The molecular formula is C32H41N3O6. The molecule has 220 valence electrons. The van der Waals surface area contributed by atoms with Crippen LogP contribution < -0.4 is 15.4 Å². The van der Waals surface area contributed by atoms with Gasteiger partial charge in [-0.2, -0.15) is 0 Å². The van der Waals surface area contributed by atoms with E-state index in [4.69, 9.17) is 9.47 Å². The summed E-state index contributed by atoms with van der Waals surface area (Å²) in [4.78, 5) is 43.4. The molecule has 41 heavy (non-hydrogen) atoms. The Morgan fingerprint density at radius 1 is 1.10 bits per heavy atom. The number of fused-ring (bicyclic) bond motifs is 1. The van der Waals surface area contributed by atoms with Gasteiger partial charge in [-0.25, -0.2) is 0 Å². The highest BCUT2D eigenvalue weighted by Crippen LogP contribution is 2.59. The molecule has 0 aliphatic carbocycles. The molecule has 0 saturated carbocycles. The number of aliphatic hydroxyl groups is 1. The third kappa shape index (κ3) is 5.57. The Kier molecular flexibility index (Phi) is 8.94. The number of nitrogens with zero attached hydrogens (tertiary/aromatic N) is 1. The molecule has 3 heterocycles. The van der Waals surface area contributed by atoms with E-state index in [1.807, 2.05) is 37.3 Å². The summed E-state index contributed by atoms with van der Waals surface area (Å²) in [6.45, 7) is 4.74. The molecule has 9 nitrogen and oxygen atoms in total. The Hall–Kier alpha value is -3.43. The van der Waals surface area contributed by atoms with Crippen LogP contribution in [0.25, 0.3) is 0 Å². The van der Waals surface area contributed by atoms with Gasteiger partial charge in [-0.15, -0.1) is 0 Å². The lowest BCUT2D eigenvalue weighted by Gasteiger charge is -2.36. The summed E-state index contributed by atoms with van der Waals surface area (Å²) < 4.78 is 12.0. The van der Waals surface area contributed by atoms with Crippen LogP contribution in [0.15, 0.2) is 54.6 Å². The van der Waals surface area contributed by atoms with E-state index in [-0.39, 0.29) is 24.3 Å². The predicted octanol–water partition coefficient (Wildman–Crippen LogP) is 3.31. The molecule has 2 unspecified atom stereocenters. The summed E-state index contributed by atoms with van der Waals surface area (Å²) in [5.74, 6) is -1.72. The maximum Gasteiger partial charge on any atom is 0.245 e. The Balaban J connectivity index is 1.43. The quantitative estimate of drug-likeness (QED) is 0.322. The lowest BCUT2D eigenvalue weighted by Crippen LogP contribution is -2.58. The van der Waals surface area contributed by atoms with Gasteiger partial charge in [-0.1, -0.05) is 50.1 Å². The highest BCUT2D eigenvalue weighted by atomic mass is 16.5. The monoisotopic (exact) mass is 563 g/mol. The molecule has 5 rings (SSSR count). The second-order valence-electron chi connectivity index (χ2n) is 11.3. The van der Waals surface area contributed by atoms with Crippen LogP contribution in [0.5, 0.6) is 5.75 Å². The highest BCUT2D eigenvalue weighted by molar-refractivity contribution is 6.02. The van der Waals surface area contributed by atoms with Crippen molar-refractivity contribution in [3.8, 4) is 5.75 Å². The van der Waals surface area contributed by atoms with Crippen molar-refractivity contribution in [2.24, 2.45) is 11.8 Å². The Labute approximate surface area is 241 Å². The number of unbranched alkanes of at least 4 members (excludes halogenated alkanes) is 2. The van der Waals surface area contributed by atoms with Crippen molar-refractivity contribution in [3.63, 3.8) is 0 Å². The number of hydrogen-bond acceptors (Lipinski definition) is 6. The van der Waals surface area contributed by atoms with Gasteiger partial charge in [0.2, 0.25) is 17.7 Å². The van der Waals surface area contributed by atoms with E-state index in [1.54, 1.807) is 24.3 Å². The molecule has 3 aliphatic rings. The first kappa shape index (κ1) is 29.1. The average molecular weight is 564 g/mol. The van der Waals surface area contributed by atoms with Crippen molar-refractivity contribution in [3.05, 3.63) is 60.2 Å². The Morgan fingerprint density at radius 3 is 2.54 bits per heavy atom. The topological polar surface area (TPSA) is 117 Å². The van der Waals surface area contributed by atoms with Gasteiger partial charge >= 0.3 is 0 Å². The molecule has 1 spiro atoms. The third-order valence-corrected chi connectivity index (χ3v) is 8.72. The fourth-order valence-electron chi connectivity index (χ4n) is 6.93. The molecule has 2 aromatic carbocycles. The van der Waals surface area contributed by atoms with E-state index in [9.17, 15) is 19.5 Å². The zero-order valence-electron chi connectivity index (χ0n) is 23.9. The number of rotatable bonds is 13. The number of likely N-dealkylation sites (tertiary alicyclic amines) is 1. The number of benzene rings is 2. The second-order valence-corrected chi connectivity index (χ2v) is 11.3. The number of amides is 3. The van der Waals surface area contributed by atoms with Crippen LogP contribution in [0.3, 0.4) is 0 Å². The van der Waals surface area contributed by atoms with Crippen molar-refractivity contribution >= 4 is 23.4 Å². The van der Waals surface area contributed by atoms with E-state index < -0.39 is 35.6 Å². The minimum Gasteiger partial charge on any atom is -0.494 e. The number of anilines is 1. The number of aliphatic hydroxyl groups excluding tert-OH is 1. The van der Waals surface area contributed by atoms with E-state index in [1.165, 1.54) is 4.90 Å². The van der Waals surface area contributed by atoms with Crippen molar-refractivity contribution in [2.45, 2.75) is 76.2 Å². The van der Waals surface area contributed by atoms with E-state index in [2.05, 4.69) is 17.6 Å². The van der Waals surface area contributed by atoms with Gasteiger partial charge in [-0.05, 0) is 62.4 Å². The predicted molar refractivity (Wildman–Crippen MR) is 154 cm³/mol. The van der Waals surface area contributed by atoms with Crippen LogP contribution >= 0.6 is 0 Å². The molecule has 3 amide bonds. The Bertz CT molecular complexity index is 1220. The number of ether oxygens (including phenoxy) is 2. The van der Waals surface area contributed by atoms with Crippen LogP contribution in [0, 0.1) is 11.8 Å². The maximum absolute atomic E-state index is 14.3. The van der Waals surface area contributed by atoms with Crippen molar-refractivity contribution in [1.82, 2.24) is 10.2 Å². The first-order valence-corrected chi connectivity index (χ1v) is 14.9. The number of carbonyl (C=O) groups is 3. The average Bonchev–Trinajstić information content (AvgIpc) is 3.63. The van der Waals surface area contributed by atoms with Crippen molar-refractivity contribution in [1.29, 1.82) is 0 Å². The summed E-state index contributed by atoms with van der Waals surface area (Å²) >= 11 is 0. The summed E-state index contributed by atoms with van der Waals surface area (Å²) in [6.07, 6.45) is 3.87. The van der Waals surface area contributed by atoms with Gasteiger partial charge < -0.3 is 30.1 Å². The fourth-order valence-corrected chi connectivity index (χ4v) is 6.93. The minimum atomic E-state index is -1.11. The van der Waals surface area contributed by atoms with Gasteiger partial charge in [-0.3, -0.25) is 14.4 Å². The molecule has 0 radical (unpaired) electrons. The first-order valence-electron chi connectivity index (χ1n) is 14.9. The van der Waals surface area contributed by atoms with Crippen molar-refractivity contribution in [2.75, 3.05) is 25.1 Å². The van der Waals surface area contributed by atoms with Gasteiger partial charge in [0, 0.05) is 12.2 Å². The summed E-state index contributed by atoms with van der Waals surface area (Å²) in [5.41, 5.74) is 0.438. The SMILES string of the molecule is CCCCCNC(=O)C1N([C@@H](CO)Cc2ccccc2)C(=O)[C@@H]2[C@@H](C(=O)Nc3ccc(OCC)cc3)[C@H]3CCC12O3. The molecular weight excluding hydrogens is 522 g/mol. The first-order chi connectivity index (χ1) is 19.9. The third-order valence-electron chi connectivity index (χ3n) is 8.72.